The van der Waals surface area contributed by atoms with Crippen LogP contribution in [0.3, 0.4) is 0 Å². The number of benzene rings is 2. The van der Waals surface area contributed by atoms with Gasteiger partial charge in [-0.05, 0) is 71.1 Å². The molecule has 0 aliphatic carbocycles. The Hall–Kier alpha value is -3.92. The van der Waals surface area contributed by atoms with E-state index in [1.54, 1.807) is 6.07 Å². The minimum atomic E-state index is -0.506. The molecule has 5 rings (SSSR count). The first-order valence-electron chi connectivity index (χ1n) is 13.5. The summed E-state index contributed by atoms with van der Waals surface area (Å²) < 4.78 is 41.6. The van der Waals surface area contributed by atoms with Gasteiger partial charge < -0.3 is 29.5 Å². The Morgan fingerprint density at radius 1 is 1.10 bits per heavy atom. The molecule has 212 valence electrons. The number of nitrogens with zero attached hydrogens (tertiary/aromatic N) is 5. The molecule has 3 aromatic rings. The van der Waals surface area contributed by atoms with Crippen LogP contribution in [0.5, 0.6) is 11.5 Å². The molecule has 0 amide bonds. The lowest BCUT2D eigenvalue weighted by molar-refractivity contribution is 0.249. The summed E-state index contributed by atoms with van der Waals surface area (Å²) in [5.74, 6) is -0.0351. The first kappa shape index (κ1) is 27.6. The van der Waals surface area contributed by atoms with Crippen molar-refractivity contribution in [2.24, 2.45) is 0 Å². The van der Waals surface area contributed by atoms with Crippen LogP contribution in [0.2, 0.25) is 0 Å². The Bertz CT molecular complexity index is 1410. The van der Waals surface area contributed by atoms with Crippen molar-refractivity contribution in [3.8, 4) is 22.8 Å². The maximum Gasteiger partial charge on any atom is 0.227 e. The molecule has 0 bridgehead atoms. The van der Waals surface area contributed by atoms with Crippen molar-refractivity contribution in [3.05, 3.63) is 60.4 Å². The average Bonchev–Trinajstić information content (AvgIpc) is 2.92. The van der Waals surface area contributed by atoms with Crippen molar-refractivity contribution < 1.29 is 18.3 Å². The van der Waals surface area contributed by atoms with E-state index >= 15 is 8.78 Å². The standard InChI is InChI=1S/C30H36F2N6O2/c1-18(2)38-19(3)17-40-29-24(32)13-20(14-26(29)38)28-27(39-6)16-33-30(35-28)34-21-7-8-25(23(31)15-21)37-11-9-22(10-12-37)36(4)5/h7-8,13-16,18,22H,3,9-12,17H2,1-2,4-6H3,(H,33,34,35). The topological polar surface area (TPSA) is 66.0 Å². The molecule has 2 aliphatic heterocycles. The monoisotopic (exact) mass is 550 g/mol. The number of hydrogen-bond acceptors (Lipinski definition) is 8. The number of fused-ring (bicyclic) bond motifs is 1. The molecule has 1 saturated heterocycles. The normalized spacial score (nSPS) is 15.9. The minimum absolute atomic E-state index is 0.0477. The van der Waals surface area contributed by atoms with E-state index < -0.39 is 5.82 Å². The van der Waals surface area contributed by atoms with Crippen LogP contribution in [0.25, 0.3) is 11.3 Å². The number of ether oxygens (including phenoxy) is 2. The van der Waals surface area contributed by atoms with Gasteiger partial charge in [0, 0.05) is 42.1 Å². The first-order valence-corrected chi connectivity index (χ1v) is 13.5. The largest absolute Gasteiger partial charge is 0.493 e. The summed E-state index contributed by atoms with van der Waals surface area (Å²) in [6.45, 7) is 9.93. The maximum absolute atomic E-state index is 15.2. The van der Waals surface area contributed by atoms with E-state index in [4.69, 9.17) is 9.47 Å². The van der Waals surface area contributed by atoms with Crippen LogP contribution in [0.15, 0.2) is 48.8 Å². The highest BCUT2D eigenvalue weighted by atomic mass is 19.1. The van der Waals surface area contributed by atoms with Gasteiger partial charge in [0.05, 0.1) is 24.7 Å². The molecule has 2 aliphatic rings. The highest BCUT2D eigenvalue weighted by molar-refractivity contribution is 5.77. The molecule has 1 aromatic heterocycles. The number of anilines is 4. The Morgan fingerprint density at radius 3 is 2.50 bits per heavy atom. The van der Waals surface area contributed by atoms with Gasteiger partial charge in [-0.15, -0.1) is 0 Å². The predicted molar refractivity (Wildman–Crippen MR) is 155 cm³/mol. The Labute approximate surface area is 234 Å². The van der Waals surface area contributed by atoms with Gasteiger partial charge in [0.25, 0.3) is 0 Å². The second-order valence-corrected chi connectivity index (χ2v) is 10.7. The van der Waals surface area contributed by atoms with Crippen LogP contribution in [0.1, 0.15) is 26.7 Å². The fourth-order valence-electron chi connectivity index (χ4n) is 5.46. The summed E-state index contributed by atoms with van der Waals surface area (Å²) >= 11 is 0. The number of rotatable bonds is 7. The zero-order valence-corrected chi connectivity index (χ0v) is 23.7. The molecule has 40 heavy (non-hydrogen) atoms. The van der Waals surface area contributed by atoms with Crippen LogP contribution < -0.4 is 24.6 Å². The Kier molecular flexibility index (Phi) is 7.80. The number of piperidine rings is 1. The lowest BCUT2D eigenvalue weighted by Gasteiger charge is -2.36. The Morgan fingerprint density at radius 2 is 1.85 bits per heavy atom. The molecular formula is C30H36F2N6O2. The van der Waals surface area contributed by atoms with Crippen LogP contribution in [0.4, 0.5) is 31.8 Å². The molecule has 0 saturated carbocycles. The van der Waals surface area contributed by atoms with Crippen LogP contribution in [0, 0.1) is 11.6 Å². The molecule has 0 unspecified atom stereocenters. The summed E-state index contributed by atoms with van der Waals surface area (Å²) in [5, 5.41) is 3.08. The fraction of sp³-hybridized carbons (Fsp3) is 0.400. The molecule has 0 radical (unpaired) electrons. The zero-order chi connectivity index (χ0) is 28.6. The van der Waals surface area contributed by atoms with E-state index in [1.165, 1.54) is 25.4 Å². The van der Waals surface area contributed by atoms with E-state index in [1.807, 2.05) is 30.9 Å². The smallest absolute Gasteiger partial charge is 0.227 e. The molecule has 2 aromatic carbocycles. The fourth-order valence-corrected chi connectivity index (χ4v) is 5.46. The van der Waals surface area contributed by atoms with Gasteiger partial charge >= 0.3 is 0 Å². The molecule has 1 fully saturated rings. The third-order valence-corrected chi connectivity index (χ3v) is 7.51. The SMILES string of the molecule is C=C1COc2c(F)cc(-c3nc(Nc4ccc(N5CCC(N(C)C)CC5)c(F)c4)ncc3OC)cc2N1C(C)C. The number of halogens is 2. The highest BCUT2D eigenvalue weighted by Gasteiger charge is 2.28. The summed E-state index contributed by atoms with van der Waals surface area (Å²) in [6.07, 6.45) is 3.50. The van der Waals surface area contributed by atoms with Crippen LogP contribution >= 0.6 is 0 Å². The van der Waals surface area contributed by atoms with Crippen LogP contribution in [-0.4, -0.2) is 67.9 Å². The summed E-state index contributed by atoms with van der Waals surface area (Å²) in [7, 11) is 5.68. The van der Waals surface area contributed by atoms with Gasteiger partial charge in [0.1, 0.15) is 18.1 Å². The van der Waals surface area contributed by atoms with Crippen molar-refractivity contribution >= 4 is 23.0 Å². The predicted octanol–water partition coefficient (Wildman–Crippen LogP) is 5.83. The quantitative estimate of drug-likeness (QED) is 0.395. The Balaban J connectivity index is 1.41. The van der Waals surface area contributed by atoms with Crippen molar-refractivity contribution in [2.45, 2.75) is 38.8 Å². The van der Waals surface area contributed by atoms with E-state index in [0.717, 1.165) is 31.6 Å². The van der Waals surface area contributed by atoms with Crippen molar-refractivity contribution in [1.82, 2.24) is 14.9 Å². The number of methoxy groups -OCH3 is 1. The van der Waals surface area contributed by atoms with Crippen molar-refractivity contribution in [1.29, 1.82) is 0 Å². The van der Waals surface area contributed by atoms with Gasteiger partial charge in [0.2, 0.25) is 5.95 Å². The van der Waals surface area contributed by atoms with E-state index in [2.05, 4.69) is 45.8 Å². The third kappa shape index (κ3) is 5.40. The molecule has 10 heteroatoms. The lowest BCUT2D eigenvalue weighted by atomic mass is 10.0. The number of nitrogens with one attached hydrogen (secondary N) is 1. The van der Waals surface area contributed by atoms with Gasteiger partial charge in [-0.25, -0.2) is 18.7 Å². The second-order valence-electron chi connectivity index (χ2n) is 10.7. The average molecular weight is 551 g/mol. The maximum atomic E-state index is 15.2. The van der Waals surface area contributed by atoms with Crippen molar-refractivity contribution in [3.63, 3.8) is 0 Å². The van der Waals surface area contributed by atoms with Gasteiger partial charge in [-0.1, -0.05) is 6.58 Å². The molecule has 8 nitrogen and oxygen atoms in total. The van der Waals surface area contributed by atoms with Gasteiger partial charge in [0.15, 0.2) is 17.3 Å². The summed E-state index contributed by atoms with van der Waals surface area (Å²) in [6, 6.07) is 8.79. The summed E-state index contributed by atoms with van der Waals surface area (Å²) in [5.41, 5.74) is 3.29. The second kappa shape index (κ2) is 11.3. The van der Waals surface area contributed by atoms with E-state index in [0.29, 0.717) is 40.1 Å². The molecule has 1 N–H and O–H groups in total. The number of aromatic nitrogens is 2. The lowest BCUT2D eigenvalue weighted by Crippen LogP contribution is -2.42. The molecule has 3 heterocycles. The molecule has 0 spiro atoms. The van der Waals surface area contributed by atoms with E-state index in [9.17, 15) is 0 Å². The van der Waals surface area contributed by atoms with Gasteiger partial charge in [-0.2, -0.15) is 0 Å². The van der Waals surface area contributed by atoms with E-state index in [-0.39, 0.29) is 30.2 Å². The van der Waals surface area contributed by atoms with Crippen molar-refractivity contribution in [2.75, 3.05) is 56.0 Å². The third-order valence-electron chi connectivity index (χ3n) is 7.51. The molecular weight excluding hydrogens is 514 g/mol. The summed E-state index contributed by atoms with van der Waals surface area (Å²) in [4.78, 5) is 15.2. The molecule has 0 atom stereocenters. The first-order chi connectivity index (χ1) is 19.2. The number of hydrogen-bond donors (Lipinski definition) is 1. The van der Waals surface area contributed by atoms with Crippen LogP contribution in [-0.2, 0) is 0 Å². The minimum Gasteiger partial charge on any atom is -0.493 e. The highest BCUT2D eigenvalue weighted by Crippen LogP contribution is 2.42. The van der Waals surface area contributed by atoms with Gasteiger partial charge in [-0.3, -0.25) is 0 Å². The zero-order valence-electron chi connectivity index (χ0n) is 23.7.